The number of aliphatic imine (C=N–C) groups is 1. The standard InChI is InChI=1S/C32H33F3N6O2S/c1-20-15-22(3)28(23(4)16-20)40-13-14-44-31(40)38-30(42)36-18-21(2)17-24-5-7-25(8-6-24)29-37-19-41(39-29)26-9-11-27(12-10-26)43-32(33,34)35/h5-12,15-16,19,21H,13-14,17-18H2,1-4H3,(H,36,42). The van der Waals surface area contributed by atoms with Gasteiger partial charge in [-0.05, 0) is 74.1 Å². The van der Waals surface area contributed by atoms with E-state index in [0.29, 0.717) is 18.1 Å². The smallest absolute Gasteiger partial charge is 0.406 e. The largest absolute Gasteiger partial charge is 0.573 e. The lowest BCUT2D eigenvalue weighted by Crippen LogP contribution is -2.30. The van der Waals surface area contributed by atoms with Crippen LogP contribution in [-0.2, 0) is 6.42 Å². The third kappa shape index (κ3) is 7.79. The second kappa shape index (κ2) is 13.1. The summed E-state index contributed by atoms with van der Waals surface area (Å²) >= 11 is 1.59. The zero-order valence-electron chi connectivity index (χ0n) is 24.9. The molecule has 5 rings (SSSR count). The summed E-state index contributed by atoms with van der Waals surface area (Å²) in [6, 6.07) is 17.2. The van der Waals surface area contributed by atoms with Crippen LogP contribution in [0.2, 0.25) is 0 Å². The van der Waals surface area contributed by atoms with Crippen LogP contribution in [0.15, 0.2) is 72.0 Å². The Morgan fingerprint density at radius 2 is 1.75 bits per heavy atom. The molecule has 0 saturated carbocycles. The molecule has 1 saturated heterocycles. The van der Waals surface area contributed by atoms with Gasteiger partial charge in [0.2, 0.25) is 0 Å². The van der Waals surface area contributed by atoms with E-state index in [1.807, 2.05) is 24.3 Å². The maximum atomic E-state index is 12.7. The zero-order valence-corrected chi connectivity index (χ0v) is 25.7. The molecular formula is C32H33F3N6O2S. The van der Waals surface area contributed by atoms with Crippen LogP contribution in [0.1, 0.15) is 29.2 Å². The number of nitrogens with one attached hydrogen (secondary N) is 1. The normalized spacial score (nSPS) is 15.1. The fourth-order valence-electron chi connectivity index (χ4n) is 5.27. The van der Waals surface area contributed by atoms with Gasteiger partial charge in [-0.25, -0.2) is 14.5 Å². The van der Waals surface area contributed by atoms with Crippen LogP contribution in [-0.4, -0.2) is 51.2 Å². The summed E-state index contributed by atoms with van der Waals surface area (Å²) in [5, 5.41) is 8.14. The van der Waals surface area contributed by atoms with Crippen LogP contribution in [0.25, 0.3) is 17.1 Å². The fraction of sp³-hybridized carbons (Fsp3) is 0.312. The van der Waals surface area contributed by atoms with Crippen molar-refractivity contribution in [3.63, 3.8) is 0 Å². The Labute approximate surface area is 258 Å². The second-order valence-electron chi connectivity index (χ2n) is 10.9. The summed E-state index contributed by atoms with van der Waals surface area (Å²) in [5.74, 6) is 1.25. The molecular weight excluding hydrogens is 589 g/mol. The molecule has 3 aromatic carbocycles. The van der Waals surface area contributed by atoms with E-state index in [1.54, 1.807) is 11.8 Å². The minimum absolute atomic E-state index is 0.181. The first-order chi connectivity index (χ1) is 20.9. The lowest BCUT2D eigenvalue weighted by molar-refractivity contribution is -0.274. The van der Waals surface area contributed by atoms with E-state index < -0.39 is 6.36 Å². The summed E-state index contributed by atoms with van der Waals surface area (Å²) in [5.41, 5.74) is 7.15. The predicted molar refractivity (Wildman–Crippen MR) is 168 cm³/mol. The highest BCUT2D eigenvalue weighted by Crippen LogP contribution is 2.32. The number of rotatable bonds is 8. The molecule has 1 aliphatic rings. The van der Waals surface area contributed by atoms with Gasteiger partial charge < -0.3 is 15.0 Å². The second-order valence-corrected chi connectivity index (χ2v) is 12.0. The van der Waals surface area contributed by atoms with E-state index in [9.17, 15) is 18.0 Å². The molecule has 0 spiro atoms. The number of anilines is 1. The molecule has 8 nitrogen and oxygen atoms in total. The van der Waals surface area contributed by atoms with E-state index >= 15 is 0 Å². The first-order valence-corrected chi connectivity index (χ1v) is 15.2. The van der Waals surface area contributed by atoms with E-state index in [2.05, 4.69) is 69.9 Å². The molecule has 1 aliphatic heterocycles. The van der Waals surface area contributed by atoms with Crippen molar-refractivity contribution in [2.75, 3.05) is 23.7 Å². The quantitative estimate of drug-likeness (QED) is 0.223. The number of amidine groups is 1. The van der Waals surface area contributed by atoms with Gasteiger partial charge in [-0.15, -0.1) is 18.3 Å². The Kier molecular flexibility index (Phi) is 9.28. The number of aryl methyl sites for hydroxylation is 3. The van der Waals surface area contributed by atoms with Crippen LogP contribution < -0.4 is 15.0 Å². The summed E-state index contributed by atoms with van der Waals surface area (Å²) in [6.07, 6.45) is -2.48. The number of urea groups is 1. The van der Waals surface area contributed by atoms with Crippen molar-refractivity contribution in [1.29, 1.82) is 0 Å². The van der Waals surface area contributed by atoms with Crippen molar-refractivity contribution in [3.05, 3.63) is 89.2 Å². The Hall–Kier alpha value is -4.32. The average molecular weight is 623 g/mol. The van der Waals surface area contributed by atoms with Gasteiger partial charge in [-0.3, -0.25) is 0 Å². The maximum Gasteiger partial charge on any atom is 0.573 e. The Balaban J connectivity index is 1.14. The van der Waals surface area contributed by atoms with Crippen molar-refractivity contribution in [3.8, 4) is 22.8 Å². The highest BCUT2D eigenvalue weighted by molar-refractivity contribution is 8.14. The van der Waals surface area contributed by atoms with Gasteiger partial charge in [-0.2, -0.15) is 4.99 Å². The van der Waals surface area contributed by atoms with Crippen LogP contribution in [0.5, 0.6) is 5.75 Å². The molecule has 1 fully saturated rings. The highest BCUT2D eigenvalue weighted by Gasteiger charge is 2.31. The molecule has 44 heavy (non-hydrogen) atoms. The zero-order chi connectivity index (χ0) is 31.4. The highest BCUT2D eigenvalue weighted by atomic mass is 32.2. The van der Waals surface area contributed by atoms with Crippen LogP contribution in [0, 0.1) is 26.7 Å². The first-order valence-electron chi connectivity index (χ1n) is 14.2. The molecule has 1 atom stereocenters. The van der Waals surface area contributed by atoms with Gasteiger partial charge in [0.25, 0.3) is 0 Å². The van der Waals surface area contributed by atoms with E-state index in [0.717, 1.165) is 40.7 Å². The van der Waals surface area contributed by atoms with Crippen LogP contribution >= 0.6 is 11.8 Å². The maximum absolute atomic E-state index is 12.7. The number of ether oxygens (including phenoxy) is 1. The van der Waals surface area contributed by atoms with Gasteiger partial charge in [0, 0.05) is 30.1 Å². The van der Waals surface area contributed by atoms with Crippen molar-refractivity contribution < 1.29 is 22.7 Å². The molecule has 4 aromatic rings. The number of nitrogens with zero attached hydrogens (tertiary/aromatic N) is 5. The van der Waals surface area contributed by atoms with Crippen molar-refractivity contribution in [2.24, 2.45) is 10.9 Å². The van der Waals surface area contributed by atoms with Crippen molar-refractivity contribution >= 4 is 28.6 Å². The third-order valence-corrected chi connectivity index (χ3v) is 8.06. The van der Waals surface area contributed by atoms with Gasteiger partial charge >= 0.3 is 12.4 Å². The third-order valence-electron chi connectivity index (χ3n) is 7.10. The fourth-order valence-corrected chi connectivity index (χ4v) is 6.21. The van der Waals surface area contributed by atoms with Crippen LogP contribution in [0.4, 0.5) is 23.7 Å². The molecule has 0 aliphatic carbocycles. The summed E-state index contributed by atoms with van der Waals surface area (Å²) in [4.78, 5) is 23.6. The topological polar surface area (TPSA) is 84.6 Å². The Bertz CT molecular complexity index is 1630. The minimum atomic E-state index is -4.74. The number of amides is 2. The van der Waals surface area contributed by atoms with Crippen molar-refractivity contribution in [1.82, 2.24) is 20.1 Å². The number of hydrogen-bond donors (Lipinski definition) is 1. The molecule has 1 unspecified atom stereocenters. The lowest BCUT2D eigenvalue weighted by atomic mass is 10.00. The molecule has 0 bridgehead atoms. The van der Waals surface area contributed by atoms with E-state index in [1.165, 1.54) is 52.0 Å². The van der Waals surface area contributed by atoms with Gasteiger partial charge in [0.1, 0.15) is 12.1 Å². The minimum Gasteiger partial charge on any atom is -0.406 e. The molecule has 2 amide bonds. The molecule has 2 heterocycles. The van der Waals surface area contributed by atoms with Crippen molar-refractivity contribution in [2.45, 2.75) is 40.5 Å². The number of hydrogen-bond acceptors (Lipinski definition) is 5. The molecule has 12 heteroatoms. The Morgan fingerprint density at radius 1 is 1.07 bits per heavy atom. The molecule has 230 valence electrons. The predicted octanol–water partition coefficient (Wildman–Crippen LogP) is 7.26. The van der Waals surface area contributed by atoms with Gasteiger partial charge in [0.05, 0.1) is 5.69 Å². The van der Waals surface area contributed by atoms with Gasteiger partial charge in [0.15, 0.2) is 11.0 Å². The molecule has 1 N–H and O–H groups in total. The molecule has 1 aromatic heterocycles. The SMILES string of the molecule is Cc1cc(C)c(N2CCSC2=NC(=O)NCC(C)Cc2ccc(-c3ncn(-c4ccc(OC(F)(F)F)cc4)n3)cc2)c(C)c1. The summed E-state index contributed by atoms with van der Waals surface area (Å²) in [6.45, 7) is 9.65. The molecule has 0 radical (unpaired) electrons. The number of aromatic nitrogens is 3. The number of alkyl halides is 3. The van der Waals surface area contributed by atoms with E-state index in [4.69, 9.17) is 0 Å². The summed E-state index contributed by atoms with van der Waals surface area (Å²) in [7, 11) is 0. The van der Waals surface area contributed by atoms with Crippen LogP contribution in [0.3, 0.4) is 0 Å². The average Bonchev–Trinajstić information content (AvgIpc) is 3.62. The lowest BCUT2D eigenvalue weighted by Gasteiger charge is -2.23. The first kappa shape index (κ1) is 31.1. The monoisotopic (exact) mass is 622 g/mol. The Morgan fingerprint density at radius 3 is 2.41 bits per heavy atom. The number of carbonyl (C=O) groups excluding carboxylic acids is 1. The van der Waals surface area contributed by atoms with E-state index in [-0.39, 0.29) is 17.7 Å². The number of benzene rings is 3. The summed E-state index contributed by atoms with van der Waals surface area (Å²) < 4.78 is 42.6. The number of carbonyl (C=O) groups is 1. The number of thioether (sulfide) groups is 1. The van der Waals surface area contributed by atoms with Gasteiger partial charge in [-0.1, -0.05) is 60.6 Å². The number of halogens is 3.